The van der Waals surface area contributed by atoms with Crippen LogP contribution in [0.4, 0.5) is 0 Å². The molecule has 0 radical (unpaired) electrons. The van der Waals surface area contributed by atoms with Crippen molar-refractivity contribution in [3.8, 4) is 0 Å². The first kappa shape index (κ1) is 14.0. The number of nitrogens with two attached hydrogens (primary N) is 1. The number of hydrogen-bond acceptors (Lipinski definition) is 3. The molecule has 4 N–H and O–H groups in total. The van der Waals surface area contributed by atoms with Gasteiger partial charge in [0, 0.05) is 0 Å². The average molecular weight is 243 g/mol. The number of aliphatic hydroxyl groups is 1. The van der Waals surface area contributed by atoms with Gasteiger partial charge in [-0.1, -0.05) is 25.7 Å². The molecule has 0 aromatic rings. The number of amides is 1. The average Bonchev–Trinajstić information content (AvgIpc) is 2.69. The zero-order chi connectivity index (χ0) is 13.1. The summed E-state index contributed by atoms with van der Waals surface area (Å²) in [6, 6.07) is 0. The monoisotopic (exact) mass is 243 g/mol. The largest absolute Gasteiger partial charge is 0.480 e. The fourth-order valence-electron chi connectivity index (χ4n) is 2.48. The van der Waals surface area contributed by atoms with E-state index in [-0.39, 0.29) is 6.42 Å². The molecule has 1 aliphatic carbocycles. The lowest BCUT2D eigenvalue weighted by Crippen LogP contribution is -2.44. The van der Waals surface area contributed by atoms with Crippen molar-refractivity contribution in [2.24, 2.45) is 17.1 Å². The predicted octanol–water partition coefficient (Wildman–Crippen LogP) is 0.894. The van der Waals surface area contributed by atoms with Crippen LogP contribution in [0.1, 0.15) is 45.4 Å². The minimum Gasteiger partial charge on any atom is -0.480 e. The van der Waals surface area contributed by atoms with Crippen LogP contribution in [0.5, 0.6) is 0 Å². The molecule has 1 amide bonds. The van der Waals surface area contributed by atoms with Crippen LogP contribution < -0.4 is 5.73 Å². The number of rotatable bonds is 6. The van der Waals surface area contributed by atoms with Crippen molar-refractivity contribution < 1.29 is 19.8 Å². The summed E-state index contributed by atoms with van der Waals surface area (Å²) in [6.07, 6.45) is 4.19. The molecule has 0 heterocycles. The molecule has 2 unspecified atom stereocenters. The molecule has 98 valence electrons. The van der Waals surface area contributed by atoms with E-state index in [1.807, 2.05) is 0 Å². The highest BCUT2D eigenvalue weighted by molar-refractivity contribution is 6.00. The second kappa shape index (κ2) is 5.49. The maximum atomic E-state index is 11.2. The molecule has 0 aromatic heterocycles. The van der Waals surface area contributed by atoms with Crippen LogP contribution in [-0.2, 0) is 9.59 Å². The summed E-state index contributed by atoms with van der Waals surface area (Å²) in [5, 5.41) is 18.9. The zero-order valence-electron chi connectivity index (χ0n) is 10.2. The third-order valence-corrected chi connectivity index (χ3v) is 3.74. The molecule has 1 rings (SSSR count). The number of aliphatic hydroxyl groups excluding tert-OH is 1. The Hall–Kier alpha value is -1.10. The van der Waals surface area contributed by atoms with Crippen LogP contribution >= 0.6 is 0 Å². The van der Waals surface area contributed by atoms with Gasteiger partial charge in [-0.05, 0) is 25.7 Å². The molecule has 0 aromatic carbocycles. The number of carbonyl (C=O) groups is 2. The highest BCUT2D eigenvalue weighted by atomic mass is 16.4. The van der Waals surface area contributed by atoms with E-state index in [1.54, 1.807) is 0 Å². The van der Waals surface area contributed by atoms with Gasteiger partial charge in [0.05, 0.1) is 6.10 Å². The number of carboxylic acids is 1. The molecule has 0 bridgehead atoms. The fourth-order valence-corrected chi connectivity index (χ4v) is 2.48. The van der Waals surface area contributed by atoms with E-state index in [1.165, 1.54) is 19.8 Å². The second-order valence-corrected chi connectivity index (χ2v) is 5.25. The molecule has 0 saturated heterocycles. The Kier molecular flexibility index (Phi) is 4.51. The molecule has 17 heavy (non-hydrogen) atoms. The van der Waals surface area contributed by atoms with Gasteiger partial charge in [-0.2, -0.15) is 0 Å². The maximum Gasteiger partial charge on any atom is 0.319 e. The summed E-state index contributed by atoms with van der Waals surface area (Å²) < 4.78 is 0. The summed E-state index contributed by atoms with van der Waals surface area (Å²) in [7, 11) is 0. The summed E-state index contributed by atoms with van der Waals surface area (Å²) >= 11 is 0. The summed E-state index contributed by atoms with van der Waals surface area (Å²) in [5.41, 5.74) is 3.43. The summed E-state index contributed by atoms with van der Waals surface area (Å²) in [5.74, 6) is -1.71. The highest BCUT2D eigenvalue weighted by Crippen LogP contribution is 2.32. The first-order valence-corrected chi connectivity index (χ1v) is 6.07. The molecule has 1 saturated carbocycles. The van der Waals surface area contributed by atoms with Crippen LogP contribution in [0, 0.1) is 11.3 Å². The van der Waals surface area contributed by atoms with Gasteiger partial charge < -0.3 is 15.9 Å². The van der Waals surface area contributed by atoms with Gasteiger partial charge in [0.2, 0.25) is 5.91 Å². The topological polar surface area (TPSA) is 101 Å². The van der Waals surface area contributed by atoms with E-state index in [0.717, 1.165) is 12.8 Å². The fraction of sp³-hybridized carbons (Fsp3) is 0.833. The van der Waals surface area contributed by atoms with Crippen LogP contribution in [-0.4, -0.2) is 28.2 Å². The van der Waals surface area contributed by atoms with Crippen LogP contribution in [0.2, 0.25) is 0 Å². The van der Waals surface area contributed by atoms with Gasteiger partial charge in [0.15, 0.2) is 0 Å². The van der Waals surface area contributed by atoms with E-state index in [9.17, 15) is 14.7 Å². The van der Waals surface area contributed by atoms with Crippen LogP contribution in [0.15, 0.2) is 0 Å². The van der Waals surface area contributed by atoms with Crippen molar-refractivity contribution in [3.05, 3.63) is 0 Å². The number of carbonyl (C=O) groups excluding carboxylic acids is 1. The molecule has 5 nitrogen and oxygen atoms in total. The third-order valence-electron chi connectivity index (χ3n) is 3.74. The molecule has 5 heteroatoms. The van der Waals surface area contributed by atoms with Gasteiger partial charge >= 0.3 is 5.97 Å². The van der Waals surface area contributed by atoms with Gasteiger partial charge in [0.1, 0.15) is 5.41 Å². The van der Waals surface area contributed by atoms with Gasteiger partial charge in [-0.25, -0.2) is 0 Å². The number of primary amides is 1. The minimum absolute atomic E-state index is 0.103. The molecule has 0 spiro atoms. The van der Waals surface area contributed by atoms with Crippen molar-refractivity contribution in [3.63, 3.8) is 0 Å². The highest BCUT2D eigenvalue weighted by Gasteiger charge is 2.41. The maximum absolute atomic E-state index is 11.2. The summed E-state index contributed by atoms with van der Waals surface area (Å²) in [4.78, 5) is 22.2. The van der Waals surface area contributed by atoms with Crippen LogP contribution in [0.25, 0.3) is 0 Å². The molecular weight excluding hydrogens is 222 g/mol. The van der Waals surface area contributed by atoms with E-state index >= 15 is 0 Å². The normalized spacial score (nSPS) is 22.0. The van der Waals surface area contributed by atoms with E-state index < -0.39 is 23.4 Å². The van der Waals surface area contributed by atoms with Crippen molar-refractivity contribution in [2.45, 2.75) is 51.6 Å². The molecule has 0 aliphatic heterocycles. The molecule has 1 fully saturated rings. The Labute approximate surface area is 101 Å². The lowest BCUT2D eigenvalue weighted by atomic mass is 9.81. The predicted molar refractivity (Wildman–Crippen MR) is 62.1 cm³/mol. The Morgan fingerprint density at radius 1 is 1.41 bits per heavy atom. The minimum atomic E-state index is -1.67. The van der Waals surface area contributed by atoms with E-state index in [2.05, 4.69) is 0 Å². The Balaban J connectivity index is 2.54. The van der Waals surface area contributed by atoms with E-state index in [0.29, 0.717) is 12.3 Å². The van der Waals surface area contributed by atoms with Crippen molar-refractivity contribution in [2.75, 3.05) is 0 Å². The van der Waals surface area contributed by atoms with Gasteiger partial charge in [-0.15, -0.1) is 0 Å². The zero-order valence-corrected chi connectivity index (χ0v) is 10.2. The Morgan fingerprint density at radius 2 is 1.94 bits per heavy atom. The lowest BCUT2D eigenvalue weighted by Gasteiger charge is -2.25. The smallest absolute Gasteiger partial charge is 0.319 e. The number of hydrogen-bond donors (Lipinski definition) is 3. The first-order valence-electron chi connectivity index (χ1n) is 6.07. The SMILES string of the molecule is CC(CC(O)CC1CCCC1)(C(N)=O)C(=O)O. The summed E-state index contributed by atoms with van der Waals surface area (Å²) in [6.45, 7) is 1.27. The van der Waals surface area contributed by atoms with Crippen molar-refractivity contribution in [1.29, 1.82) is 0 Å². The Bertz CT molecular complexity index is 283. The third kappa shape index (κ3) is 3.43. The lowest BCUT2D eigenvalue weighted by molar-refractivity contribution is -0.155. The Morgan fingerprint density at radius 3 is 2.35 bits per heavy atom. The van der Waals surface area contributed by atoms with Crippen molar-refractivity contribution >= 4 is 11.9 Å². The molecular formula is C12H21NO4. The van der Waals surface area contributed by atoms with Gasteiger partial charge in [-0.3, -0.25) is 9.59 Å². The number of carboxylic acid groups (broad SMARTS) is 1. The first-order chi connectivity index (χ1) is 7.86. The standard InChI is InChI=1S/C12H21NO4/c1-12(10(13)15,11(16)17)7-9(14)6-8-4-2-3-5-8/h8-9,14H,2-7H2,1H3,(H2,13,15)(H,16,17). The quantitative estimate of drug-likeness (QED) is 0.603. The van der Waals surface area contributed by atoms with Gasteiger partial charge in [0.25, 0.3) is 0 Å². The molecule has 2 atom stereocenters. The number of aliphatic carboxylic acids is 1. The van der Waals surface area contributed by atoms with Crippen molar-refractivity contribution in [1.82, 2.24) is 0 Å². The second-order valence-electron chi connectivity index (χ2n) is 5.25. The molecule has 1 aliphatic rings. The van der Waals surface area contributed by atoms with E-state index in [4.69, 9.17) is 10.8 Å². The van der Waals surface area contributed by atoms with Crippen LogP contribution in [0.3, 0.4) is 0 Å².